The third-order valence-corrected chi connectivity index (χ3v) is 5.68. The van der Waals surface area contributed by atoms with E-state index in [4.69, 9.17) is 16.3 Å². The minimum atomic E-state index is -0.268. The van der Waals surface area contributed by atoms with E-state index in [1.165, 1.54) is 0 Å². The minimum absolute atomic E-state index is 0.0163. The molecule has 2 aromatic rings. The van der Waals surface area contributed by atoms with Crippen LogP contribution in [0.25, 0.3) is 0 Å². The molecular formula is C22H25BrClN3O3. The first-order chi connectivity index (χ1) is 14.3. The summed E-state index contributed by atoms with van der Waals surface area (Å²) >= 11 is 9.84. The smallest absolute Gasteiger partial charge is 0.262 e. The zero-order valence-electron chi connectivity index (χ0n) is 17.0. The third-order valence-electron chi connectivity index (χ3n) is 4.85. The average Bonchev–Trinajstić information content (AvgIpc) is 2.73. The van der Waals surface area contributed by atoms with E-state index < -0.39 is 0 Å². The van der Waals surface area contributed by atoms with Gasteiger partial charge in [-0.3, -0.25) is 9.59 Å². The summed E-state index contributed by atoms with van der Waals surface area (Å²) in [6.07, 6.45) is 0. The molecule has 2 aromatic carbocycles. The first-order valence-electron chi connectivity index (χ1n) is 9.85. The maximum Gasteiger partial charge on any atom is 0.262 e. The van der Waals surface area contributed by atoms with Gasteiger partial charge in [-0.2, -0.15) is 0 Å². The summed E-state index contributed by atoms with van der Waals surface area (Å²) in [6.45, 7) is 6.27. The molecule has 2 amide bonds. The van der Waals surface area contributed by atoms with E-state index in [1.807, 2.05) is 36.9 Å². The summed E-state index contributed by atoms with van der Waals surface area (Å²) in [5.74, 6) is 0.491. The second-order valence-electron chi connectivity index (χ2n) is 7.39. The predicted octanol–water partition coefficient (Wildman–Crippen LogP) is 4.42. The summed E-state index contributed by atoms with van der Waals surface area (Å²) in [7, 11) is 0. The number of halogens is 2. The Morgan fingerprint density at radius 3 is 2.40 bits per heavy atom. The number of nitrogens with zero attached hydrogens (tertiary/aromatic N) is 2. The van der Waals surface area contributed by atoms with Gasteiger partial charge in [-0.05, 0) is 36.4 Å². The number of carbonyl (C=O) groups is 2. The first-order valence-corrected chi connectivity index (χ1v) is 11.0. The first kappa shape index (κ1) is 22.4. The molecule has 0 saturated carbocycles. The SMILES string of the molecule is CC(C)C(=O)N1CCN(c2c(Cl)cccc2NC(=O)COc2ccc(Br)cc2)CC1. The number of para-hydroxylation sites is 1. The number of hydrogen-bond donors (Lipinski definition) is 1. The van der Waals surface area contributed by atoms with Gasteiger partial charge in [0.25, 0.3) is 5.91 Å². The van der Waals surface area contributed by atoms with Crippen molar-refractivity contribution in [3.8, 4) is 5.75 Å². The second-order valence-corrected chi connectivity index (χ2v) is 8.72. The van der Waals surface area contributed by atoms with Crippen molar-refractivity contribution in [1.29, 1.82) is 0 Å². The highest BCUT2D eigenvalue weighted by atomic mass is 79.9. The second kappa shape index (κ2) is 10.2. The lowest BCUT2D eigenvalue weighted by molar-refractivity contribution is -0.134. The van der Waals surface area contributed by atoms with Crippen LogP contribution in [0.2, 0.25) is 5.02 Å². The fraction of sp³-hybridized carbons (Fsp3) is 0.364. The highest BCUT2D eigenvalue weighted by Gasteiger charge is 2.25. The summed E-state index contributed by atoms with van der Waals surface area (Å²) in [6, 6.07) is 12.7. The number of anilines is 2. The molecule has 1 saturated heterocycles. The van der Waals surface area contributed by atoms with Crippen LogP contribution >= 0.6 is 27.5 Å². The van der Waals surface area contributed by atoms with Crippen LogP contribution in [-0.2, 0) is 9.59 Å². The summed E-state index contributed by atoms with van der Waals surface area (Å²) in [5.41, 5.74) is 1.41. The Labute approximate surface area is 190 Å². The van der Waals surface area contributed by atoms with Crippen LogP contribution in [-0.4, -0.2) is 49.5 Å². The molecule has 0 spiro atoms. The van der Waals surface area contributed by atoms with Crippen LogP contribution in [0.5, 0.6) is 5.75 Å². The fourth-order valence-electron chi connectivity index (χ4n) is 3.32. The Morgan fingerprint density at radius 1 is 1.10 bits per heavy atom. The molecule has 1 aliphatic rings. The summed E-state index contributed by atoms with van der Waals surface area (Å²) in [5, 5.41) is 3.46. The maximum absolute atomic E-state index is 12.5. The molecule has 1 heterocycles. The van der Waals surface area contributed by atoms with Crippen LogP contribution in [0.1, 0.15) is 13.8 Å². The number of benzene rings is 2. The van der Waals surface area contributed by atoms with Crippen molar-refractivity contribution in [2.75, 3.05) is 43.0 Å². The molecule has 1 N–H and O–H groups in total. The molecule has 0 aromatic heterocycles. The van der Waals surface area contributed by atoms with Gasteiger partial charge in [0.05, 0.1) is 16.4 Å². The standard InChI is InChI=1S/C22H25BrClN3O3/c1-15(2)22(29)27-12-10-26(11-13-27)21-18(24)4-3-5-19(21)25-20(28)14-30-17-8-6-16(23)7-9-17/h3-9,15H,10-14H2,1-2H3,(H,25,28). The van der Waals surface area contributed by atoms with Gasteiger partial charge in [-0.15, -0.1) is 0 Å². The number of amides is 2. The van der Waals surface area contributed by atoms with Gasteiger partial charge in [-0.25, -0.2) is 0 Å². The van der Waals surface area contributed by atoms with Gasteiger partial charge < -0.3 is 19.9 Å². The molecule has 6 nitrogen and oxygen atoms in total. The Morgan fingerprint density at radius 2 is 1.77 bits per heavy atom. The molecule has 1 aliphatic heterocycles. The zero-order chi connectivity index (χ0) is 21.7. The number of nitrogens with one attached hydrogen (secondary N) is 1. The van der Waals surface area contributed by atoms with Crippen LogP contribution < -0.4 is 15.0 Å². The highest BCUT2D eigenvalue weighted by Crippen LogP contribution is 2.34. The molecule has 0 bridgehead atoms. The number of ether oxygens (including phenoxy) is 1. The molecule has 0 aliphatic carbocycles. The van der Waals surface area contributed by atoms with Crippen LogP contribution in [0, 0.1) is 5.92 Å². The molecule has 1 fully saturated rings. The van der Waals surface area contributed by atoms with E-state index in [0.717, 1.165) is 10.2 Å². The lowest BCUT2D eigenvalue weighted by Gasteiger charge is -2.38. The van der Waals surface area contributed by atoms with Crippen molar-refractivity contribution >= 4 is 50.7 Å². The molecule has 0 unspecified atom stereocenters. The van der Waals surface area contributed by atoms with E-state index in [9.17, 15) is 9.59 Å². The predicted molar refractivity (Wildman–Crippen MR) is 123 cm³/mol. The third kappa shape index (κ3) is 5.67. The van der Waals surface area contributed by atoms with Crippen LogP contribution in [0.4, 0.5) is 11.4 Å². The van der Waals surface area contributed by atoms with E-state index in [0.29, 0.717) is 42.6 Å². The van der Waals surface area contributed by atoms with Crippen molar-refractivity contribution in [1.82, 2.24) is 4.90 Å². The van der Waals surface area contributed by atoms with Gasteiger partial charge >= 0.3 is 0 Å². The molecule has 30 heavy (non-hydrogen) atoms. The Hall–Kier alpha value is -2.25. The van der Waals surface area contributed by atoms with E-state index in [-0.39, 0.29) is 24.3 Å². The van der Waals surface area contributed by atoms with Gasteiger partial charge in [0.15, 0.2) is 6.61 Å². The zero-order valence-corrected chi connectivity index (χ0v) is 19.4. The molecule has 8 heteroatoms. The van der Waals surface area contributed by atoms with E-state index >= 15 is 0 Å². The number of hydrogen-bond acceptors (Lipinski definition) is 4. The molecule has 160 valence electrons. The van der Waals surface area contributed by atoms with Gasteiger partial charge in [0.2, 0.25) is 5.91 Å². The van der Waals surface area contributed by atoms with Crippen molar-refractivity contribution in [3.63, 3.8) is 0 Å². The molecule has 0 radical (unpaired) electrons. The topological polar surface area (TPSA) is 61.9 Å². The molecular weight excluding hydrogens is 470 g/mol. The minimum Gasteiger partial charge on any atom is -0.484 e. The summed E-state index contributed by atoms with van der Waals surface area (Å²) < 4.78 is 6.49. The Balaban J connectivity index is 1.64. The summed E-state index contributed by atoms with van der Waals surface area (Å²) in [4.78, 5) is 28.7. The lowest BCUT2D eigenvalue weighted by atomic mass is 10.1. The van der Waals surface area contributed by atoms with Crippen LogP contribution in [0.15, 0.2) is 46.9 Å². The van der Waals surface area contributed by atoms with E-state index in [2.05, 4.69) is 26.1 Å². The largest absolute Gasteiger partial charge is 0.484 e. The Kier molecular flexibility index (Phi) is 7.61. The Bertz CT molecular complexity index is 897. The van der Waals surface area contributed by atoms with Gasteiger partial charge in [-0.1, -0.05) is 47.4 Å². The van der Waals surface area contributed by atoms with Crippen molar-refractivity contribution in [2.45, 2.75) is 13.8 Å². The van der Waals surface area contributed by atoms with Crippen molar-refractivity contribution in [3.05, 3.63) is 52.0 Å². The number of piperazine rings is 1. The normalized spacial score (nSPS) is 14.0. The van der Waals surface area contributed by atoms with Crippen molar-refractivity contribution < 1.29 is 14.3 Å². The number of carbonyl (C=O) groups excluding carboxylic acids is 2. The lowest BCUT2D eigenvalue weighted by Crippen LogP contribution is -2.50. The van der Waals surface area contributed by atoms with Crippen molar-refractivity contribution in [2.24, 2.45) is 5.92 Å². The maximum atomic E-state index is 12.5. The van der Waals surface area contributed by atoms with Crippen LogP contribution in [0.3, 0.4) is 0 Å². The molecule has 0 atom stereocenters. The fourth-order valence-corrected chi connectivity index (χ4v) is 3.88. The van der Waals surface area contributed by atoms with Gasteiger partial charge in [0, 0.05) is 36.6 Å². The van der Waals surface area contributed by atoms with Gasteiger partial charge in [0.1, 0.15) is 5.75 Å². The van der Waals surface area contributed by atoms with E-state index in [1.54, 1.807) is 24.3 Å². The monoisotopic (exact) mass is 493 g/mol. The highest BCUT2D eigenvalue weighted by molar-refractivity contribution is 9.10. The quantitative estimate of drug-likeness (QED) is 0.646. The molecule has 3 rings (SSSR count). The number of rotatable bonds is 6. The average molecular weight is 495 g/mol.